The van der Waals surface area contributed by atoms with Crippen molar-refractivity contribution >= 4 is 63.4 Å². The van der Waals surface area contributed by atoms with E-state index in [0.29, 0.717) is 14.8 Å². The van der Waals surface area contributed by atoms with Gasteiger partial charge in [-0.2, -0.15) is 5.10 Å². The third-order valence-electron chi connectivity index (χ3n) is 4.24. The summed E-state index contributed by atoms with van der Waals surface area (Å²) in [4.78, 5) is 31.8. The number of alkyl carbamates (subject to hydrolysis) is 1. The number of carbonyl (C=O) groups excluding carboxylic acids is 2. The van der Waals surface area contributed by atoms with Crippen molar-refractivity contribution in [3.63, 3.8) is 0 Å². The molecule has 1 atom stereocenters. The van der Waals surface area contributed by atoms with Crippen LogP contribution in [0.5, 0.6) is 5.75 Å². The highest BCUT2D eigenvalue weighted by atomic mass is 127. The first-order valence-corrected chi connectivity index (χ1v) is 11.5. The Balaban J connectivity index is 1.63. The quantitative estimate of drug-likeness (QED) is 0.168. The number of nitrogens with one attached hydrogen (secondary N) is 3. The summed E-state index contributed by atoms with van der Waals surface area (Å²) in [5.41, 5.74) is 4.34. The zero-order chi connectivity index (χ0) is 22.9. The van der Waals surface area contributed by atoms with E-state index in [1.165, 1.54) is 12.5 Å². The molecular weight excluding hydrogens is 640 g/mol. The van der Waals surface area contributed by atoms with Crippen LogP contribution in [-0.4, -0.2) is 39.3 Å². The van der Waals surface area contributed by atoms with Crippen molar-refractivity contribution < 1.29 is 19.4 Å². The molecule has 166 valence electrons. The van der Waals surface area contributed by atoms with Crippen LogP contribution in [0.2, 0.25) is 0 Å². The Morgan fingerprint density at radius 1 is 1.25 bits per heavy atom. The van der Waals surface area contributed by atoms with E-state index in [0.717, 1.165) is 9.13 Å². The topological polar surface area (TPSA) is 129 Å². The van der Waals surface area contributed by atoms with Gasteiger partial charge in [0.15, 0.2) is 0 Å². The smallest absolute Gasteiger partial charge is 0.408 e. The van der Waals surface area contributed by atoms with Gasteiger partial charge in [0.2, 0.25) is 0 Å². The van der Waals surface area contributed by atoms with Gasteiger partial charge in [0.1, 0.15) is 18.4 Å². The molecule has 32 heavy (non-hydrogen) atoms. The van der Waals surface area contributed by atoms with Crippen molar-refractivity contribution in [1.82, 2.24) is 20.7 Å². The lowest BCUT2D eigenvalue weighted by Gasteiger charge is -2.16. The minimum absolute atomic E-state index is 0.0700. The van der Waals surface area contributed by atoms with Gasteiger partial charge >= 0.3 is 6.09 Å². The van der Waals surface area contributed by atoms with Crippen LogP contribution in [0.1, 0.15) is 16.8 Å². The molecule has 0 aliphatic carbocycles. The number of nitrogens with zero attached hydrogens (tertiary/aromatic N) is 2. The Bertz CT molecular complexity index is 1090. The van der Waals surface area contributed by atoms with Crippen molar-refractivity contribution in [2.45, 2.75) is 19.1 Å². The third kappa shape index (κ3) is 7.19. The first-order chi connectivity index (χ1) is 15.4. The molecule has 9 nitrogen and oxygen atoms in total. The number of benzene rings is 2. The fourth-order valence-electron chi connectivity index (χ4n) is 2.66. The van der Waals surface area contributed by atoms with E-state index in [2.05, 4.69) is 48.4 Å². The van der Waals surface area contributed by atoms with Crippen LogP contribution in [0, 0.1) is 7.14 Å². The van der Waals surface area contributed by atoms with Crippen molar-refractivity contribution in [1.29, 1.82) is 0 Å². The summed E-state index contributed by atoms with van der Waals surface area (Å²) < 4.78 is 6.80. The van der Waals surface area contributed by atoms with Crippen molar-refractivity contribution in [2.75, 3.05) is 0 Å². The first-order valence-electron chi connectivity index (χ1n) is 9.37. The summed E-state index contributed by atoms with van der Waals surface area (Å²) >= 11 is 4.14. The molecule has 3 aromatic rings. The summed E-state index contributed by atoms with van der Waals surface area (Å²) in [5.74, 6) is -0.479. The number of hydrogen-bond donors (Lipinski definition) is 4. The van der Waals surface area contributed by atoms with Crippen molar-refractivity contribution in [2.24, 2.45) is 5.10 Å². The molecule has 2 amide bonds. The first kappa shape index (κ1) is 24.0. The SMILES string of the molecule is O=C(N[C@@H](Cc1cnc[nH]1)C(=O)N/N=C\c1cc(I)cc(I)c1O)OCc1ccccc1. The maximum atomic E-state index is 12.7. The number of imidazole rings is 1. The monoisotopic (exact) mass is 659 g/mol. The van der Waals surface area contributed by atoms with Gasteiger partial charge in [0.25, 0.3) is 5.91 Å². The Morgan fingerprint density at radius 3 is 2.75 bits per heavy atom. The van der Waals surface area contributed by atoms with E-state index >= 15 is 0 Å². The number of H-pyrrole nitrogens is 1. The van der Waals surface area contributed by atoms with Gasteiger partial charge < -0.3 is 20.1 Å². The highest BCUT2D eigenvalue weighted by Crippen LogP contribution is 2.25. The molecule has 0 bridgehead atoms. The predicted molar refractivity (Wildman–Crippen MR) is 135 cm³/mol. The second-order valence-corrected chi connectivity index (χ2v) is 9.01. The Labute approximate surface area is 211 Å². The highest BCUT2D eigenvalue weighted by molar-refractivity contribution is 14.1. The molecule has 2 aromatic carbocycles. The number of aromatic hydroxyl groups is 1. The summed E-state index contributed by atoms with van der Waals surface area (Å²) in [6.45, 7) is 0.0772. The number of rotatable bonds is 8. The second-order valence-electron chi connectivity index (χ2n) is 6.60. The number of aromatic amines is 1. The number of amides is 2. The molecule has 0 aliphatic heterocycles. The normalized spacial score (nSPS) is 11.8. The number of halogens is 2. The fraction of sp³-hybridized carbons (Fsp3) is 0.143. The van der Waals surface area contributed by atoms with Crippen LogP contribution in [0.15, 0.2) is 60.1 Å². The maximum Gasteiger partial charge on any atom is 0.408 e. The molecule has 1 aromatic heterocycles. The lowest BCUT2D eigenvalue weighted by Crippen LogP contribution is -2.47. The number of hydrazone groups is 1. The van der Waals surface area contributed by atoms with Gasteiger partial charge in [-0.25, -0.2) is 15.2 Å². The van der Waals surface area contributed by atoms with Crippen molar-refractivity contribution in [3.8, 4) is 5.75 Å². The largest absolute Gasteiger partial charge is 0.506 e. The van der Waals surface area contributed by atoms with Crippen LogP contribution in [0.25, 0.3) is 0 Å². The van der Waals surface area contributed by atoms with Crippen LogP contribution < -0.4 is 10.7 Å². The number of aromatic nitrogens is 2. The summed E-state index contributed by atoms with van der Waals surface area (Å²) in [6, 6.07) is 11.8. The highest BCUT2D eigenvalue weighted by Gasteiger charge is 2.22. The molecule has 4 N–H and O–H groups in total. The van der Waals surface area contributed by atoms with Gasteiger partial charge in [-0.05, 0) is 62.9 Å². The summed E-state index contributed by atoms with van der Waals surface area (Å²) in [6.07, 6.45) is 3.82. The lowest BCUT2D eigenvalue weighted by molar-refractivity contribution is -0.123. The molecule has 0 aliphatic rings. The van der Waals surface area contributed by atoms with E-state index in [1.807, 2.05) is 59.0 Å². The van der Waals surface area contributed by atoms with Gasteiger partial charge in [-0.15, -0.1) is 0 Å². The molecule has 0 radical (unpaired) electrons. The lowest BCUT2D eigenvalue weighted by atomic mass is 10.1. The van der Waals surface area contributed by atoms with Gasteiger partial charge in [0.05, 0.1) is 16.1 Å². The zero-order valence-corrected chi connectivity index (χ0v) is 20.9. The van der Waals surface area contributed by atoms with Crippen molar-refractivity contribution in [3.05, 3.63) is 78.9 Å². The second kappa shape index (κ2) is 11.8. The Kier molecular flexibility index (Phi) is 8.84. The minimum Gasteiger partial charge on any atom is -0.506 e. The van der Waals surface area contributed by atoms with E-state index in [4.69, 9.17) is 4.74 Å². The predicted octanol–water partition coefficient (Wildman–Crippen LogP) is 3.31. The number of phenolic OH excluding ortho intramolecular Hbond substituents is 1. The van der Waals surface area contributed by atoms with Crippen LogP contribution >= 0.6 is 45.2 Å². The third-order valence-corrected chi connectivity index (χ3v) is 5.68. The fourth-order valence-corrected chi connectivity index (χ4v) is 4.55. The maximum absolute atomic E-state index is 12.7. The molecule has 0 fully saturated rings. The van der Waals surface area contributed by atoms with Gasteiger partial charge in [-0.3, -0.25) is 4.79 Å². The van der Waals surface area contributed by atoms with E-state index in [9.17, 15) is 14.7 Å². The minimum atomic E-state index is -0.958. The Hall–Kier alpha value is -2.68. The molecule has 1 heterocycles. The van der Waals surface area contributed by atoms with E-state index in [1.54, 1.807) is 12.3 Å². The molecule has 0 spiro atoms. The molecule has 3 rings (SSSR count). The molecule has 0 unspecified atom stereocenters. The summed E-state index contributed by atoms with van der Waals surface area (Å²) in [5, 5.41) is 16.6. The number of carbonyl (C=O) groups is 2. The van der Waals surface area contributed by atoms with Crippen LogP contribution in [0.3, 0.4) is 0 Å². The van der Waals surface area contributed by atoms with Gasteiger partial charge in [0, 0.05) is 27.4 Å². The van der Waals surface area contributed by atoms with Crippen LogP contribution in [-0.2, 0) is 22.6 Å². The molecular formula is C21H19I2N5O4. The van der Waals surface area contributed by atoms with Crippen LogP contribution in [0.4, 0.5) is 4.79 Å². The zero-order valence-electron chi connectivity index (χ0n) is 16.6. The number of phenols is 1. The Morgan fingerprint density at radius 2 is 2.03 bits per heavy atom. The average molecular weight is 659 g/mol. The standard InChI is InChI=1S/C21H19I2N5O4/c22-15-6-14(19(29)17(23)7-15)9-26-28-20(30)18(8-16-10-24-12-25-16)27-21(31)32-11-13-4-2-1-3-5-13/h1-7,9-10,12,18,29H,8,11H2,(H,24,25)(H,27,31)(H,28,30)/b26-9-/t18-/m0/s1. The number of ether oxygens (including phenoxy) is 1. The van der Waals surface area contributed by atoms with E-state index in [-0.39, 0.29) is 18.8 Å². The molecule has 0 saturated carbocycles. The molecule has 0 saturated heterocycles. The summed E-state index contributed by atoms with van der Waals surface area (Å²) in [7, 11) is 0. The molecule has 11 heteroatoms. The number of hydrogen-bond acceptors (Lipinski definition) is 6. The van der Waals surface area contributed by atoms with Gasteiger partial charge in [-0.1, -0.05) is 30.3 Å². The van der Waals surface area contributed by atoms with E-state index < -0.39 is 18.0 Å². The average Bonchev–Trinajstić information content (AvgIpc) is 3.29.